The quantitative estimate of drug-likeness (QED) is 0.483. The molecule has 0 N–H and O–H groups in total. The molecule has 4 aromatic rings. The second kappa shape index (κ2) is 7.24. The first-order valence-corrected chi connectivity index (χ1v) is 10.9. The third-order valence-electron chi connectivity index (χ3n) is 6.37. The van der Waals surface area contributed by atoms with E-state index in [2.05, 4.69) is 31.0 Å². The van der Waals surface area contributed by atoms with Crippen molar-refractivity contribution in [2.75, 3.05) is 11.4 Å². The number of aryl methyl sites for hydroxylation is 1. The average molecular weight is 433 g/mol. The van der Waals surface area contributed by atoms with Gasteiger partial charge in [0, 0.05) is 24.6 Å². The van der Waals surface area contributed by atoms with Crippen LogP contribution in [0.15, 0.2) is 76.5 Å². The summed E-state index contributed by atoms with van der Waals surface area (Å²) in [5.74, 6) is -0.0244. The predicted octanol–water partition coefficient (Wildman–Crippen LogP) is 3.83. The molecule has 0 saturated carbocycles. The molecule has 161 valence electrons. The van der Waals surface area contributed by atoms with Gasteiger partial charge in [-0.15, -0.1) is 0 Å². The third-order valence-corrected chi connectivity index (χ3v) is 6.37. The topological polar surface area (TPSA) is 67.6 Å². The van der Waals surface area contributed by atoms with Crippen molar-refractivity contribution in [3.8, 4) is 0 Å². The Morgan fingerprint density at radius 1 is 1.00 bits per heavy atom. The number of amides is 1. The fourth-order valence-electron chi connectivity index (χ4n) is 4.93. The molecule has 6 rings (SSSR count). The van der Waals surface area contributed by atoms with Gasteiger partial charge in [0.1, 0.15) is 5.82 Å². The molecule has 0 bridgehead atoms. The minimum absolute atomic E-state index is 0.217. The van der Waals surface area contributed by atoms with E-state index in [4.69, 9.17) is 4.99 Å². The summed E-state index contributed by atoms with van der Waals surface area (Å²) in [6.07, 6.45) is -0.317. The predicted molar refractivity (Wildman–Crippen MR) is 129 cm³/mol. The molecule has 0 fully saturated rings. The van der Waals surface area contributed by atoms with Gasteiger partial charge < -0.3 is 4.90 Å². The fourth-order valence-corrected chi connectivity index (χ4v) is 4.93. The lowest BCUT2D eigenvalue weighted by molar-refractivity contribution is -0.121. The molecule has 1 radical (unpaired) electrons. The van der Waals surface area contributed by atoms with Crippen molar-refractivity contribution in [1.29, 1.82) is 0 Å². The second-order valence-corrected chi connectivity index (χ2v) is 8.50. The molecular weight excluding hydrogens is 412 g/mol. The van der Waals surface area contributed by atoms with Crippen LogP contribution in [0.2, 0.25) is 0 Å². The van der Waals surface area contributed by atoms with E-state index < -0.39 is 6.17 Å². The number of aromatic nitrogens is 2. The second-order valence-electron chi connectivity index (χ2n) is 8.50. The Morgan fingerprint density at radius 2 is 1.76 bits per heavy atom. The number of hydrogen-bond donors (Lipinski definition) is 0. The van der Waals surface area contributed by atoms with E-state index >= 15 is 0 Å². The summed E-state index contributed by atoms with van der Waals surface area (Å²) in [5.41, 5.74) is 5.87. The molecule has 1 amide bonds. The number of carbonyl (C=O) groups is 1. The third kappa shape index (κ3) is 2.94. The Labute approximate surface area is 190 Å². The molecule has 33 heavy (non-hydrogen) atoms. The van der Waals surface area contributed by atoms with E-state index in [0.29, 0.717) is 23.2 Å². The van der Waals surface area contributed by atoms with E-state index in [1.807, 2.05) is 36.4 Å². The molecule has 3 aromatic carbocycles. The number of carbonyl (C=O) groups excluding carboxylic acids is 1. The number of benzene rings is 3. The molecular formula is C27H21N4O2. The van der Waals surface area contributed by atoms with Crippen LogP contribution in [0, 0.1) is 13.8 Å². The Balaban J connectivity index is 1.67. The van der Waals surface area contributed by atoms with Gasteiger partial charge in [0.25, 0.3) is 11.5 Å². The Hall–Kier alpha value is -4.06. The number of para-hydroxylation sites is 1. The van der Waals surface area contributed by atoms with E-state index in [1.54, 1.807) is 23.1 Å². The largest absolute Gasteiger partial charge is 0.308 e. The van der Waals surface area contributed by atoms with Gasteiger partial charge in [0.2, 0.25) is 6.17 Å². The average Bonchev–Trinajstić information content (AvgIpc) is 3.20. The van der Waals surface area contributed by atoms with Gasteiger partial charge in [-0.3, -0.25) is 14.2 Å². The van der Waals surface area contributed by atoms with Crippen molar-refractivity contribution in [3.63, 3.8) is 0 Å². The number of hydrogen-bond acceptors (Lipinski definition) is 4. The Morgan fingerprint density at radius 3 is 2.58 bits per heavy atom. The van der Waals surface area contributed by atoms with E-state index in [0.717, 1.165) is 34.4 Å². The van der Waals surface area contributed by atoms with Crippen molar-refractivity contribution in [1.82, 2.24) is 9.55 Å². The molecule has 0 saturated heterocycles. The first-order valence-electron chi connectivity index (χ1n) is 10.9. The zero-order chi connectivity index (χ0) is 22.7. The molecule has 2 aliphatic rings. The lowest BCUT2D eigenvalue weighted by atomic mass is 9.96. The van der Waals surface area contributed by atoms with Crippen LogP contribution in [-0.4, -0.2) is 27.7 Å². The summed E-state index contributed by atoms with van der Waals surface area (Å²) in [7, 11) is 0. The molecule has 6 heteroatoms. The fraction of sp³-hybridized carbons (Fsp3) is 0.148. The summed E-state index contributed by atoms with van der Waals surface area (Å²) in [6.45, 7) is 6.62. The van der Waals surface area contributed by atoms with Gasteiger partial charge in [-0.1, -0.05) is 54.1 Å². The first kappa shape index (κ1) is 19.6. The number of aliphatic imine (C=N–C) groups is 1. The van der Waals surface area contributed by atoms with Crippen molar-refractivity contribution in [2.45, 2.75) is 19.5 Å². The lowest BCUT2D eigenvalue weighted by Crippen LogP contribution is -2.39. The minimum Gasteiger partial charge on any atom is -0.308 e. The highest BCUT2D eigenvalue weighted by Crippen LogP contribution is 2.39. The molecule has 0 spiro atoms. The van der Waals surface area contributed by atoms with E-state index in [-0.39, 0.29) is 17.3 Å². The zero-order valence-electron chi connectivity index (χ0n) is 18.2. The van der Waals surface area contributed by atoms with Crippen molar-refractivity contribution in [3.05, 3.63) is 112 Å². The van der Waals surface area contributed by atoms with E-state index in [1.165, 1.54) is 4.57 Å². The summed E-state index contributed by atoms with van der Waals surface area (Å²) >= 11 is 0. The van der Waals surface area contributed by atoms with Crippen LogP contribution < -0.4 is 10.5 Å². The van der Waals surface area contributed by atoms with Crippen molar-refractivity contribution < 1.29 is 4.79 Å². The maximum Gasteiger partial charge on any atom is 0.272 e. The molecule has 1 atom stereocenters. The minimum atomic E-state index is -1.09. The normalized spacial score (nSPS) is 17.2. The standard InChI is InChI=1S/C27H21N4O2/c1-16-14-19-12-13-30-24(19)21(15-16)23(18-8-4-3-5-9-18)29-25(27(30)33)31-17(2)28-22-11-7-6-10-20(22)26(31)32/h3-11,14-15,25H,2,12-13H2,1H3. The van der Waals surface area contributed by atoms with Gasteiger partial charge in [-0.05, 0) is 37.1 Å². The smallest absolute Gasteiger partial charge is 0.272 e. The maximum atomic E-state index is 13.9. The maximum absolute atomic E-state index is 13.9. The summed E-state index contributed by atoms with van der Waals surface area (Å²) in [6, 6.07) is 21.1. The monoisotopic (exact) mass is 433 g/mol. The Bertz CT molecular complexity index is 1540. The van der Waals surface area contributed by atoms with Gasteiger partial charge in [0.05, 0.1) is 22.3 Å². The van der Waals surface area contributed by atoms with Gasteiger partial charge in [0.15, 0.2) is 0 Å². The van der Waals surface area contributed by atoms with Crippen LogP contribution in [0.5, 0.6) is 0 Å². The van der Waals surface area contributed by atoms with E-state index in [9.17, 15) is 9.59 Å². The summed E-state index contributed by atoms with van der Waals surface area (Å²) < 4.78 is 1.34. The lowest BCUT2D eigenvalue weighted by Gasteiger charge is -2.22. The number of rotatable bonds is 2. The number of nitrogens with zero attached hydrogens (tertiary/aromatic N) is 4. The van der Waals surface area contributed by atoms with Crippen molar-refractivity contribution in [2.24, 2.45) is 4.99 Å². The van der Waals surface area contributed by atoms with Crippen molar-refractivity contribution >= 4 is 28.2 Å². The highest BCUT2D eigenvalue weighted by Gasteiger charge is 2.38. The summed E-state index contributed by atoms with van der Waals surface area (Å²) in [4.78, 5) is 38.6. The highest BCUT2D eigenvalue weighted by atomic mass is 16.2. The number of fused-ring (bicyclic) bond motifs is 1. The molecule has 1 unspecified atom stereocenters. The van der Waals surface area contributed by atoms with Gasteiger partial charge >= 0.3 is 0 Å². The van der Waals surface area contributed by atoms with Crippen LogP contribution >= 0.6 is 0 Å². The van der Waals surface area contributed by atoms with Crippen LogP contribution in [0.3, 0.4) is 0 Å². The van der Waals surface area contributed by atoms with Crippen LogP contribution in [-0.2, 0) is 11.2 Å². The molecule has 0 aliphatic carbocycles. The van der Waals surface area contributed by atoms with Crippen LogP contribution in [0.25, 0.3) is 10.9 Å². The SMILES string of the molecule is [CH2]c1nc2ccccc2c(=O)n1C1N=C(c2ccccc2)c2cc(C)cc3c2N(CC3)C1=O. The van der Waals surface area contributed by atoms with Gasteiger partial charge in [-0.25, -0.2) is 9.98 Å². The zero-order valence-corrected chi connectivity index (χ0v) is 18.2. The van der Waals surface area contributed by atoms with Crippen LogP contribution in [0.1, 0.15) is 34.2 Å². The van der Waals surface area contributed by atoms with Gasteiger partial charge in [-0.2, -0.15) is 0 Å². The first-order chi connectivity index (χ1) is 16.0. The van der Waals surface area contributed by atoms with Crippen LogP contribution in [0.4, 0.5) is 5.69 Å². The Kier molecular flexibility index (Phi) is 4.30. The molecule has 3 heterocycles. The molecule has 2 aliphatic heterocycles. The number of anilines is 1. The molecule has 6 nitrogen and oxygen atoms in total. The highest BCUT2D eigenvalue weighted by molar-refractivity contribution is 6.20. The molecule has 1 aromatic heterocycles. The summed E-state index contributed by atoms with van der Waals surface area (Å²) in [5, 5.41) is 0.439.